The molecule has 1 heterocycles. The van der Waals surface area contributed by atoms with Crippen LogP contribution in [0.5, 0.6) is 5.75 Å². The Morgan fingerprint density at radius 3 is 2.88 bits per heavy atom. The van der Waals surface area contributed by atoms with E-state index in [2.05, 4.69) is 15.5 Å². The van der Waals surface area contributed by atoms with E-state index in [0.717, 1.165) is 11.1 Å². The van der Waals surface area contributed by atoms with Gasteiger partial charge in [-0.25, -0.2) is 0 Å². The summed E-state index contributed by atoms with van der Waals surface area (Å²) >= 11 is 5.86. The van der Waals surface area contributed by atoms with Crippen LogP contribution in [-0.2, 0) is 11.3 Å². The zero-order valence-electron chi connectivity index (χ0n) is 13.5. The van der Waals surface area contributed by atoms with Gasteiger partial charge in [0.2, 0.25) is 11.7 Å². The van der Waals surface area contributed by atoms with Crippen molar-refractivity contribution in [3.05, 3.63) is 65.0 Å². The molecule has 6 nitrogen and oxygen atoms in total. The van der Waals surface area contributed by atoms with Crippen LogP contribution < -0.4 is 10.1 Å². The van der Waals surface area contributed by atoms with Gasteiger partial charge in [-0.1, -0.05) is 46.6 Å². The number of benzene rings is 2. The Labute approximate surface area is 149 Å². The Kier molecular flexibility index (Phi) is 5.30. The first-order valence-electron chi connectivity index (χ1n) is 7.65. The molecular weight excluding hydrogens is 342 g/mol. The average Bonchev–Trinajstić information content (AvgIpc) is 3.07. The lowest BCUT2D eigenvalue weighted by Gasteiger charge is -2.06. The minimum atomic E-state index is -0.296. The molecule has 0 fully saturated rings. The van der Waals surface area contributed by atoms with Gasteiger partial charge in [0.05, 0.1) is 6.54 Å². The number of amides is 1. The summed E-state index contributed by atoms with van der Waals surface area (Å²) in [6, 6.07) is 14.6. The normalized spacial score (nSPS) is 10.5. The number of carbonyl (C=O) groups excluding carboxylic acids is 1. The first-order chi connectivity index (χ1) is 12.1. The molecule has 2 aromatic carbocycles. The summed E-state index contributed by atoms with van der Waals surface area (Å²) in [5.41, 5.74) is 1.97. The number of aromatic nitrogens is 2. The van der Waals surface area contributed by atoms with Gasteiger partial charge in [-0.3, -0.25) is 4.79 Å². The molecule has 0 bridgehead atoms. The summed E-state index contributed by atoms with van der Waals surface area (Å²) < 4.78 is 10.5. The fourth-order valence-corrected chi connectivity index (χ4v) is 2.34. The topological polar surface area (TPSA) is 77.2 Å². The van der Waals surface area contributed by atoms with Gasteiger partial charge < -0.3 is 14.6 Å². The quantitative estimate of drug-likeness (QED) is 0.731. The number of rotatable bonds is 6. The highest BCUT2D eigenvalue weighted by molar-refractivity contribution is 6.30. The van der Waals surface area contributed by atoms with Crippen molar-refractivity contribution in [3.8, 4) is 17.1 Å². The van der Waals surface area contributed by atoms with Crippen LogP contribution in [0.1, 0.15) is 11.5 Å². The molecule has 3 aromatic rings. The standard InChI is InChI=1S/C18H16ClN3O3/c1-12-4-2-5-13(8-12)18-21-17(25-22-18)10-20-16(23)11-24-15-7-3-6-14(19)9-15/h2-9H,10-11H2,1H3,(H,20,23). The highest BCUT2D eigenvalue weighted by atomic mass is 35.5. The summed E-state index contributed by atoms with van der Waals surface area (Å²) in [5, 5.41) is 7.14. The number of nitrogens with one attached hydrogen (secondary N) is 1. The number of aryl methyl sites for hydroxylation is 1. The number of nitrogens with zero attached hydrogens (tertiary/aromatic N) is 2. The van der Waals surface area contributed by atoms with E-state index < -0.39 is 0 Å². The molecule has 0 saturated heterocycles. The van der Waals surface area contributed by atoms with Crippen molar-refractivity contribution in [2.75, 3.05) is 6.61 Å². The Bertz CT molecular complexity index is 879. The Balaban J connectivity index is 1.51. The number of carbonyl (C=O) groups is 1. The second-order valence-electron chi connectivity index (χ2n) is 5.40. The van der Waals surface area contributed by atoms with Gasteiger partial charge in [0.25, 0.3) is 5.91 Å². The first kappa shape index (κ1) is 17.0. The number of hydrogen-bond donors (Lipinski definition) is 1. The van der Waals surface area contributed by atoms with Crippen LogP contribution in [0, 0.1) is 6.92 Å². The van der Waals surface area contributed by atoms with Gasteiger partial charge in [-0.05, 0) is 31.2 Å². The molecule has 25 heavy (non-hydrogen) atoms. The van der Waals surface area contributed by atoms with Crippen molar-refractivity contribution >= 4 is 17.5 Å². The third-order valence-corrected chi connectivity index (χ3v) is 3.58. The highest BCUT2D eigenvalue weighted by Gasteiger charge is 2.10. The molecule has 1 aromatic heterocycles. The lowest BCUT2D eigenvalue weighted by atomic mass is 10.1. The Morgan fingerprint density at radius 2 is 2.08 bits per heavy atom. The molecule has 128 valence electrons. The lowest BCUT2D eigenvalue weighted by Crippen LogP contribution is -2.28. The molecule has 0 saturated carbocycles. The molecule has 0 atom stereocenters. The van der Waals surface area contributed by atoms with Gasteiger partial charge in [0.1, 0.15) is 5.75 Å². The minimum Gasteiger partial charge on any atom is -0.484 e. The summed E-state index contributed by atoms with van der Waals surface area (Å²) in [5.74, 6) is 1.05. The minimum absolute atomic E-state index is 0.126. The van der Waals surface area contributed by atoms with E-state index in [1.807, 2.05) is 31.2 Å². The molecule has 0 spiro atoms. The van der Waals surface area contributed by atoms with Gasteiger partial charge in [0.15, 0.2) is 6.61 Å². The Morgan fingerprint density at radius 1 is 1.24 bits per heavy atom. The van der Waals surface area contributed by atoms with Crippen molar-refractivity contribution < 1.29 is 14.1 Å². The number of halogens is 1. The van der Waals surface area contributed by atoms with Crippen LogP contribution >= 0.6 is 11.6 Å². The van der Waals surface area contributed by atoms with Gasteiger partial charge >= 0.3 is 0 Å². The lowest BCUT2D eigenvalue weighted by molar-refractivity contribution is -0.123. The predicted molar refractivity (Wildman–Crippen MR) is 93.3 cm³/mol. The van der Waals surface area contributed by atoms with E-state index in [1.165, 1.54) is 0 Å². The second kappa shape index (κ2) is 7.81. The zero-order valence-corrected chi connectivity index (χ0v) is 14.3. The largest absolute Gasteiger partial charge is 0.484 e. The molecule has 0 radical (unpaired) electrons. The van der Waals surface area contributed by atoms with Crippen LogP contribution in [0.25, 0.3) is 11.4 Å². The van der Waals surface area contributed by atoms with Crippen molar-refractivity contribution in [2.45, 2.75) is 13.5 Å². The van der Waals surface area contributed by atoms with E-state index in [1.54, 1.807) is 24.3 Å². The van der Waals surface area contributed by atoms with E-state index in [0.29, 0.717) is 22.5 Å². The van der Waals surface area contributed by atoms with E-state index in [-0.39, 0.29) is 19.1 Å². The van der Waals surface area contributed by atoms with Crippen LogP contribution in [0.15, 0.2) is 53.1 Å². The van der Waals surface area contributed by atoms with Gasteiger partial charge in [0, 0.05) is 10.6 Å². The maximum absolute atomic E-state index is 11.8. The van der Waals surface area contributed by atoms with E-state index in [4.69, 9.17) is 20.9 Å². The third-order valence-electron chi connectivity index (χ3n) is 3.35. The van der Waals surface area contributed by atoms with Crippen LogP contribution in [-0.4, -0.2) is 22.7 Å². The van der Waals surface area contributed by atoms with Crippen LogP contribution in [0.4, 0.5) is 0 Å². The fraction of sp³-hybridized carbons (Fsp3) is 0.167. The molecule has 0 unspecified atom stereocenters. The van der Waals surface area contributed by atoms with Gasteiger partial charge in [-0.2, -0.15) is 4.98 Å². The van der Waals surface area contributed by atoms with E-state index in [9.17, 15) is 4.79 Å². The molecule has 3 rings (SSSR count). The van der Waals surface area contributed by atoms with Crippen molar-refractivity contribution in [1.29, 1.82) is 0 Å². The molecule has 1 N–H and O–H groups in total. The summed E-state index contributed by atoms with van der Waals surface area (Å²) in [7, 11) is 0. The number of hydrogen-bond acceptors (Lipinski definition) is 5. The van der Waals surface area contributed by atoms with E-state index >= 15 is 0 Å². The molecule has 7 heteroatoms. The highest BCUT2D eigenvalue weighted by Crippen LogP contribution is 2.17. The molecule has 0 aliphatic carbocycles. The summed E-state index contributed by atoms with van der Waals surface area (Å²) in [6.45, 7) is 2.00. The Hall–Kier alpha value is -2.86. The monoisotopic (exact) mass is 357 g/mol. The number of ether oxygens (including phenoxy) is 1. The SMILES string of the molecule is Cc1cccc(-c2noc(CNC(=O)COc3cccc(Cl)c3)n2)c1. The average molecular weight is 358 g/mol. The van der Waals surface area contributed by atoms with Crippen LogP contribution in [0.2, 0.25) is 5.02 Å². The third kappa shape index (κ3) is 4.81. The maximum atomic E-state index is 11.8. The predicted octanol–water partition coefficient (Wildman–Crippen LogP) is 3.39. The van der Waals surface area contributed by atoms with Crippen molar-refractivity contribution in [1.82, 2.24) is 15.5 Å². The summed E-state index contributed by atoms with van der Waals surface area (Å²) in [6.07, 6.45) is 0. The van der Waals surface area contributed by atoms with Crippen molar-refractivity contribution in [2.24, 2.45) is 0 Å². The first-order valence-corrected chi connectivity index (χ1v) is 8.02. The smallest absolute Gasteiger partial charge is 0.258 e. The molecule has 0 aliphatic rings. The van der Waals surface area contributed by atoms with Crippen molar-refractivity contribution in [3.63, 3.8) is 0 Å². The van der Waals surface area contributed by atoms with Crippen LogP contribution in [0.3, 0.4) is 0 Å². The zero-order chi connectivity index (χ0) is 17.6. The fourth-order valence-electron chi connectivity index (χ4n) is 2.16. The summed E-state index contributed by atoms with van der Waals surface area (Å²) in [4.78, 5) is 16.1. The molecule has 1 amide bonds. The van der Waals surface area contributed by atoms with Gasteiger partial charge in [-0.15, -0.1) is 0 Å². The maximum Gasteiger partial charge on any atom is 0.258 e. The molecular formula is C18H16ClN3O3. The second-order valence-corrected chi connectivity index (χ2v) is 5.84. The molecule has 0 aliphatic heterocycles.